The molecule has 2 aromatic rings. The number of hydrogen-bond donors (Lipinski definition) is 1. The molecular formula is C18H20ClNO3. The van der Waals surface area contributed by atoms with Gasteiger partial charge in [0.25, 0.3) is 5.91 Å². The van der Waals surface area contributed by atoms with Crippen LogP contribution in [-0.4, -0.2) is 25.7 Å². The van der Waals surface area contributed by atoms with E-state index < -0.39 is 0 Å². The maximum absolute atomic E-state index is 11.7. The minimum absolute atomic E-state index is 0.00752. The van der Waals surface area contributed by atoms with Crippen molar-refractivity contribution in [3.63, 3.8) is 0 Å². The molecule has 0 fully saturated rings. The van der Waals surface area contributed by atoms with E-state index in [4.69, 9.17) is 21.1 Å². The first kappa shape index (κ1) is 17.2. The number of amides is 1. The first-order valence-electron chi connectivity index (χ1n) is 7.54. The molecule has 0 unspecified atom stereocenters. The molecule has 5 heteroatoms. The molecule has 0 spiro atoms. The summed E-state index contributed by atoms with van der Waals surface area (Å²) in [7, 11) is 0. The molecule has 0 aliphatic carbocycles. The zero-order chi connectivity index (χ0) is 16.5. The van der Waals surface area contributed by atoms with Crippen molar-refractivity contribution in [3.8, 4) is 11.5 Å². The molecule has 0 aromatic heterocycles. The van der Waals surface area contributed by atoms with Crippen molar-refractivity contribution in [2.24, 2.45) is 0 Å². The Bertz CT molecular complexity index is 611. The number of ether oxygens (including phenoxy) is 2. The molecule has 4 nitrogen and oxygen atoms in total. The predicted octanol–water partition coefficient (Wildman–Crippen LogP) is 3.48. The zero-order valence-corrected chi connectivity index (χ0v) is 13.8. The van der Waals surface area contributed by atoms with Gasteiger partial charge in [0.15, 0.2) is 6.61 Å². The van der Waals surface area contributed by atoms with E-state index in [0.29, 0.717) is 23.9 Å². The predicted molar refractivity (Wildman–Crippen MR) is 91.3 cm³/mol. The Hall–Kier alpha value is -2.20. The fraction of sp³-hybridized carbons (Fsp3) is 0.278. The molecule has 1 N–H and O–H groups in total. The highest BCUT2D eigenvalue weighted by atomic mass is 35.5. The van der Waals surface area contributed by atoms with E-state index in [2.05, 4.69) is 12.2 Å². The zero-order valence-electron chi connectivity index (χ0n) is 13.0. The smallest absolute Gasteiger partial charge is 0.258 e. The molecule has 23 heavy (non-hydrogen) atoms. The highest BCUT2D eigenvalue weighted by molar-refractivity contribution is 6.30. The van der Waals surface area contributed by atoms with Gasteiger partial charge in [0.2, 0.25) is 0 Å². The van der Waals surface area contributed by atoms with Crippen LogP contribution in [0.3, 0.4) is 0 Å². The maximum Gasteiger partial charge on any atom is 0.258 e. The molecule has 0 radical (unpaired) electrons. The van der Waals surface area contributed by atoms with Crippen LogP contribution in [0, 0.1) is 0 Å². The molecule has 0 bridgehead atoms. The first-order valence-corrected chi connectivity index (χ1v) is 7.92. The molecule has 0 aliphatic heterocycles. The van der Waals surface area contributed by atoms with Crippen molar-refractivity contribution < 1.29 is 14.3 Å². The summed E-state index contributed by atoms with van der Waals surface area (Å²) in [5.74, 6) is 1.23. The third kappa shape index (κ3) is 6.20. The summed E-state index contributed by atoms with van der Waals surface area (Å²) in [5, 5.41) is 3.40. The van der Waals surface area contributed by atoms with Crippen molar-refractivity contribution in [2.45, 2.75) is 13.3 Å². The van der Waals surface area contributed by atoms with E-state index in [1.165, 1.54) is 5.56 Å². The Morgan fingerprint density at radius 1 is 1.00 bits per heavy atom. The summed E-state index contributed by atoms with van der Waals surface area (Å²) in [4.78, 5) is 11.7. The lowest BCUT2D eigenvalue weighted by molar-refractivity contribution is -0.123. The summed E-state index contributed by atoms with van der Waals surface area (Å²) in [6.07, 6.45) is 0.981. The highest BCUT2D eigenvalue weighted by Gasteiger charge is 2.02. The van der Waals surface area contributed by atoms with Gasteiger partial charge in [0.05, 0.1) is 6.54 Å². The fourth-order valence-electron chi connectivity index (χ4n) is 1.91. The number of benzene rings is 2. The lowest BCUT2D eigenvalue weighted by Crippen LogP contribution is -2.32. The van der Waals surface area contributed by atoms with Crippen LogP contribution in [-0.2, 0) is 11.2 Å². The van der Waals surface area contributed by atoms with Gasteiger partial charge >= 0.3 is 0 Å². The Morgan fingerprint density at radius 2 is 1.61 bits per heavy atom. The Balaban J connectivity index is 1.62. The molecule has 0 heterocycles. The number of halogens is 1. The molecular weight excluding hydrogens is 314 g/mol. The lowest BCUT2D eigenvalue weighted by atomic mass is 10.2. The van der Waals surface area contributed by atoms with Gasteiger partial charge in [-0.2, -0.15) is 0 Å². The number of aryl methyl sites for hydroxylation is 1. The topological polar surface area (TPSA) is 47.6 Å². The van der Waals surface area contributed by atoms with E-state index in [-0.39, 0.29) is 12.5 Å². The molecule has 2 rings (SSSR count). The minimum Gasteiger partial charge on any atom is -0.492 e. The lowest BCUT2D eigenvalue weighted by Gasteiger charge is -2.09. The monoisotopic (exact) mass is 333 g/mol. The molecule has 0 saturated heterocycles. The van der Waals surface area contributed by atoms with E-state index in [0.717, 1.165) is 12.2 Å². The van der Waals surface area contributed by atoms with Crippen LogP contribution in [0.2, 0.25) is 5.02 Å². The van der Waals surface area contributed by atoms with Crippen LogP contribution in [0.15, 0.2) is 48.5 Å². The largest absolute Gasteiger partial charge is 0.492 e. The SMILES string of the molecule is CCc1ccc(OCC(=O)NCCOc2ccc(Cl)cc2)cc1. The van der Waals surface area contributed by atoms with Crippen molar-refractivity contribution in [1.82, 2.24) is 5.32 Å². The summed E-state index contributed by atoms with van der Waals surface area (Å²) >= 11 is 5.79. The van der Waals surface area contributed by atoms with E-state index in [1.54, 1.807) is 24.3 Å². The van der Waals surface area contributed by atoms with Gasteiger partial charge in [-0.1, -0.05) is 30.7 Å². The highest BCUT2D eigenvalue weighted by Crippen LogP contribution is 2.15. The minimum atomic E-state index is -0.177. The quantitative estimate of drug-likeness (QED) is 0.752. The third-order valence-electron chi connectivity index (χ3n) is 3.21. The van der Waals surface area contributed by atoms with Gasteiger partial charge in [0.1, 0.15) is 18.1 Å². The van der Waals surface area contributed by atoms with Crippen LogP contribution in [0.5, 0.6) is 11.5 Å². The van der Waals surface area contributed by atoms with Crippen molar-refractivity contribution >= 4 is 17.5 Å². The number of hydrogen-bond acceptors (Lipinski definition) is 3. The molecule has 2 aromatic carbocycles. The standard InChI is InChI=1S/C18H20ClNO3/c1-2-14-3-7-17(8-4-14)23-13-18(21)20-11-12-22-16-9-5-15(19)6-10-16/h3-10H,2,11-13H2,1H3,(H,20,21). The summed E-state index contributed by atoms with van der Waals surface area (Å²) in [6.45, 7) is 2.89. The molecule has 0 aliphatic rings. The van der Waals surface area contributed by atoms with Crippen LogP contribution < -0.4 is 14.8 Å². The normalized spacial score (nSPS) is 10.2. The average molecular weight is 334 g/mol. The van der Waals surface area contributed by atoms with Crippen molar-refractivity contribution in [1.29, 1.82) is 0 Å². The Labute approximate surface area is 141 Å². The second-order valence-corrected chi connectivity index (χ2v) is 5.37. The number of carbonyl (C=O) groups excluding carboxylic acids is 1. The number of nitrogens with one attached hydrogen (secondary N) is 1. The van der Waals surface area contributed by atoms with E-state index in [9.17, 15) is 4.79 Å². The summed E-state index contributed by atoms with van der Waals surface area (Å²) in [6, 6.07) is 14.8. The Kier molecular flexibility index (Phi) is 6.76. The van der Waals surface area contributed by atoms with Gasteiger partial charge < -0.3 is 14.8 Å². The van der Waals surface area contributed by atoms with Crippen LogP contribution >= 0.6 is 11.6 Å². The molecule has 0 saturated carbocycles. The third-order valence-corrected chi connectivity index (χ3v) is 3.46. The van der Waals surface area contributed by atoms with Crippen molar-refractivity contribution in [2.75, 3.05) is 19.8 Å². The van der Waals surface area contributed by atoms with Gasteiger partial charge in [-0.15, -0.1) is 0 Å². The second-order valence-electron chi connectivity index (χ2n) is 4.94. The molecule has 0 atom stereocenters. The van der Waals surface area contributed by atoms with Gasteiger partial charge in [-0.25, -0.2) is 0 Å². The Morgan fingerprint density at radius 3 is 2.26 bits per heavy atom. The summed E-state index contributed by atoms with van der Waals surface area (Å²) < 4.78 is 10.9. The summed E-state index contributed by atoms with van der Waals surface area (Å²) in [5.41, 5.74) is 1.24. The molecule has 1 amide bonds. The maximum atomic E-state index is 11.7. The average Bonchev–Trinajstić information content (AvgIpc) is 2.59. The van der Waals surface area contributed by atoms with Crippen LogP contribution in [0.4, 0.5) is 0 Å². The number of carbonyl (C=O) groups is 1. The molecule has 122 valence electrons. The van der Waals surface area contributed by atoms with E-state index in [1.807, 2.05) is 24.3 Å². The van der Waals surface area contributed by atoms with Gasteiger partial charge in [-0.3, -0.25) is 4.79 Å². The van der Waals surface area contributed by atoms with Crippen molar-refractivity contribution in [3.05, 3.63) is 59.1 Å². The first-order chi connectivity index (χ1) is 11.2. The number of rotatable bonds is 8. The van der Waals surface area contributed by atoms with Crippen LogP contribution in [0.1, 0.15) is 12.5 Å². The second kappa shape index (κ2) is 9.06. The van der Waals surface area contributed by atoms with Crippen LogP contribution in [0.25, 0.3) is 0 Å². The van der Waals surface area contributed by atoms with E-state index >= 15 is 0 Å². The van der Waals surface area contributed by atoms with Gasteiger partial charge in [-0.05, 0) is 48.4 Å². The van der Waals surface area contributed by atoms with Gasteiger partial charge in [0, 0.05) is 5.02 Å². The fourth-order valence-corrected chi connectivity index (χ4v) is 2.04.